The van der Waals surface area contributed by atoms with Crippen LogP contribution in [-0.2, 0) is 4.79 Å². The van der Waals surface area contributed by atoms with E-state index in [9.17, 15) is 4.79 Å². The van der Waals surface area contributed by atoms with Crippen molar-refractivity contribution in [2.75, 3.05) is 7.05 Å². The highest BCUT2D eigenvalue weighted by molar-refractivity contribution is 6.05. The molecule has 0 bridgehead atoms. The maximum atomic E-state index is 11.2. The predicted molar refractivity (Wildman–Crippen MR) is 79.8 cm³/mol. The Morgan fingerprint density at radius 2 is 2.19 bits per heavy atom. The number of nitrogens with zero attached hydrogens (tertiary/aromatic N) is 3. The van der Waals surface area contributed by atoms with Gasteiger partial charge >= 0.3 is 0 Å². The van der Waals surface area contributed by atoms with Gasteiger partial charge in [0.2, 0.25) is 11.9 Å². The molecular formula is C14H16N6O. The van der Waals surface area contributed by atoms with E-state index in [0.29, 0.717) is 18.1 Å². The number of rotatable bonds is 2. The van der Waals surface area contributed by atoms with E-state index < -0.39 is 0 Å². The van der Waals surface area contributed by atoms with Crippen molar-refractivity contribution < 1.29 is 4.79 Å². The first-order valence-corrected chi connectivity index (χ1v) is 6.52. The number of aliphatic imine (C=N–C) groups is 1. The lowest BCUT2D eigenvalue weighted by atomic mass is 9.94. The zero-order chi connectivity index (χ0) is 15.2. The molecule has 3 N–H and O–H groups in total. The van der Waals surface area contributed by atoms with Crippen molar-refractivity contribution in [3.8, 4) is 6.19 Å². The Kier molecular flexibility index (Phi) is 4.51. The number of benzene rings is 1. The van der Waals surface area contributed by atoms with Gasteiger partial charge in [-0.1, -0.05) is 19.1 Å². The Morgan fingerprint density at radius 3 is 2.76 bits per heavy atom. The Bertz CT molecular complexity index is 626. The van der Waals surface area contributed by atoms with E-state index in [1.807, 2.05) is 37.4 Å². The summed E-state index contributed by atoms with van der Waals surface area (Å²) in [4.78, 5) is 15.5. The lowest BCUT2D eigenvalue weighted by Crippen LogP contribution is -2.32. The molecule has 0 aliphatic carbocycles. The summed E-state index contributed by atoms with van der Waals surface area (Å²) in [6, 6.07) is 7.45. The molecule has 2 rings (SSSR count). The van der Waals surface area contributed by atoms with E-state index in [2.05, 4.69) is 26.2 Å². The molecule has 1 heterocycles. The van der Waals surface area contributed by atoms with Gasteiger partial charge in [-0.05, 0) is 17.7 Å². The highest BCUT2D eigenvalue weighted by Gasteiger charge is 2.21. The average molecular weight is 284 g/mol. The Hall–Kier alpha value is -2.88. The highest BCUT2D eigenvalue weighted by atomic mass is 16.2. The second-order valence-corrected chi connectivity index (χ2v) is 4.63. The summed E-state index contributed by atoms with van der Waals surface area (Å²) in [6.07, 6.45) is 2.25. The molecule has 1 aromatic carbocycles. The molecule has 1 aliphatic rings. The van der Waals surface area contributed by atoms with Gasteiger partial charge < -0.3 is 5.32 Å². The molecule has 1 atom stereocenters. The Balaban J connectivity index is 2.20. The van der Waals surface area contributed by atoms with Gasteiger partial charge in [0.15, 0.2) is 6.19 Å². The number of nitrogens with one attached hydrogen (secondary N) is 3. The second-order valence-electron chi connectivity index (χ2n) is 4.63. The van der Waals surface area contributed by atoms with Gasteiger partial charge in [-0.15, -0.1) is 0 Å². The average Bonchev–Trinajstić information content (AvgIpc) is 2.48. The minimum absolute atomic E-state index is 0.0614. The van der Waals surface area contributed by atoms with E-state index in [1.54, 1.807) is 7.05 Å². The van der Waals surface area contributed by atoms with E-state index in [4.69, 9.17) is 5.26 Å². The normalized spacial score (nSPS) is 18.3. The summed E-state index contributed by atoms with van der Waals surface area (Å²) in [5.74, 6) is 0.399. The summed E-state index contributed by atoms with van der Waals surface area (Å²) < 4.78 is 0. The fourth-order valence-electron chi connectivity index (χ4n) is 2.04. The maximum absolute atomic E-state index is 11.2. The number of hydrazone groups is 1. The number of guanidine groups is 1. The fourth-order valence-corrected chi connectivity index (χ4v) is 2.04. The van der Waals surface area contributed by atoms with Gasteiger partial charge in [0.25, 0.3) is 0 Å². The summed E-state index contributed by atoms with van der Waals surface area (Å²) in [7, 11) is 1.68. The van der Waals surface area contributed by atoms with Crippen molar-refractivity contribution in [1.82, 2.24) is 16.1 Å². The van der Waals surface area contributed by atoms with Crippen molar-refractivity contribution >= 4 is 23.3 Å². The second kappa shape index (κ2) is 6.52. The number of carbonyl (C=O) groups excluding carboxylic acids is 1. The Labute approximate surface area is 122 Å². The van der Waals surface area contributed by atoms with E-state index in [0.717, 1.165) is 11.3 Å². The first-order chi connectivity index (χ1) is 10.1. The highest BCUT2D eigenvalue weighted by Crippen LogP contribution is 2.19. The first-order valence-electron chi connectivity index (χ1n) is 6.52. The number of carbonyl (C=O) groups is 1. The van der Waals surface area contributed by atoms with E-state index >= 15 is 0 Å². The van der Waals surface area contributed by atoms with E-state index in [1.165, 1.54) is 0 Å². The molecule has 1 aliphatic heterocycles. The van der Waals surface area contributed by atoms with Crippen molar-refractivity contribution in [2.24, 2.45) is 16.0 Å². The quantitative estimate of drug-likeness (QED) is 0.324. The van der Waals surface area contributed by atoms with Gasteiger partial charge in [0.05, 0.1) is 11.4 Å². The van der Waals surface area contributed by atoms with Gasteiger partial charge in [-0.2, -0.15) is 10.4 Å². The predicted octanol–water partition coefficient (Wildman–Crippen LogP) is 0.824. The SMILES string of the molecule is CN/C(=N\c1ccc(C2=NNC(=O)CC2C)cc1)NC#N. The monoisotopic (exact) mass is 284 g/mol. The molecule has 1 aromatic rings. The first kappa shape index (κ1) is 14.5. The molecular weight excluding hydrogens is 268 g/mol. The summed E-state index contributed by atoms with van der Waals surface area (Å²) >= 11 is 0. The lowest BCUT2D eigenvalue weighted by molar-refractivity contribution is -0.121. The smallest absolute Gasteiger partial charge is 0.240 e. The minimum Gasteiger partial charge on any atom is -0.358 e. The largest absolute Gasteiger partial charge is 0.358 e. The summed E-state index contributed by atoms with van der Waals surface area (Å²) in [6.45, 7) is 1.97. The van der Waals surface area contributed by atoms with Crippen molar-refractivity contribution in [1.29, 1.82) is 5.26 Å². The zero-order valence-electron chi connectivity index (χ0n) is 11.8. The number of hydrogen-bond acceptors (Lipinski definition) is 4. The fraction of sp³-hybridized carbons (Fsp3) is 0.286. The standard InChI is InChI=1S/C14H16N6O/c1-9-7-12(21)19-20-13(9)10-3-5-11(6-4-10)18-14(16-2)17-8-15/h3-6,9H,7H2,1-2H3,(H,19,21)(H2,16,17,18). The molecule has 0 aromatic heterocycles. The van der Waals surface area contributed by atoms with E-state index in [-0.39, 0.29) is 11.8 Å². The third-order valence-corrected chi connectivity index (χ3v) is 3.07. The molecule has 0 saturated carbocycles. The maximum Gasteiger partial charge on any atom is 0.240 e. The van der Waals surface area contributed by atoms with Crippen LogP contribution in [0, 0.1) is 17.4 Å². The summed E-state index contributed by atoms with van der Waals surface area (Å²) in [5, 5.41) is 17.9. The molecule has 7 heteroatoms. The van der Waals surface area contributed by atoms with Crippen LogP contribution in [0.1, 0.15) is 18.9 Å². The van der Waals surface area contributed by atoms with Crippen molar-refractivity contribution in [3.05, 3.63) is 29.8 Å². The van der Waals surface area contributed by atoms with Crippen LogP contribution in [-0.4, -0.2) is 24.6 Å². The number of amides is 1. The van der Waals surface area contributed by atoms with Crippen LogP contribution in [0.2, 0.25) is 0 Å². The lowest BCUT2D eigenvalue weighted by Gasteiger charge is -2.19. The van der Waals surface area contributed by atoms with Crippen LogP contribution in [0.5, 0.6) is 0 Å². The third kappa shape index (κ3) is 3.57. The molecule has 0 spiro atoms. The molecule has 0 fully saturated rings. The molecule has 0 saturated heterocycles. The van der Waals surface area contributed by atoms with Gasteiger partial charge in [0, 0.05) is 19.4 Å². The zero-order valence-corrected chi connectivity index (χ0v) is 11.8. The minimum atomic E-state index is -0.0614. The molecule has 21 heavy (non-hydrogen) atoms. The van der Waals surface area contributed by atoms with Crippen LogP contribution in [0.3, 0.4) is 0 Å². The summed E-state index contributed by atoms with van der Waals surface area (Å²) in [5.41, 5.74) is 5.01. The van der Waals surface area contributed by atoms with Crippen LogP contribution in [0.4, 0.5) is 5.69 Å². The molecule has 1 unspecified atom stereocenters. The third-order valence-electron chi connectivity index (χ3n) is 3.07. The molecule has 0 radical (unpaired) electrons. The Morgan fingerprint density at radius 1 is 1.48 bits per heavy atom. The molecule has 1 amide bonds. The topological polar surface area (TPSA) is 102 Å². The van der Waals surface area contributed by atoms with Gasteiger partial charge in [-0.25, -0.2) is 10.4 Å². The number of hydrogen-bond donors (Lipinski definition) is 3. The van der Waals surface area contributed by atoms with Crippen LogP contribution >= 0.6 is 0 Å². The van der Waals surface area contributed by atoms with Crippen LogP contribution in [0.15, 0.2) is 34.4 Å². The van der Waals surface area contributed by atoms with Gasteiger partial charge in [-0.3, -0.25) is 10.1 Å². The van der Waals surface area contributed by atoms with Crippen LogP contribution < -0.4 is 16.1 Å². The van der Waals surface area contributed by atoms with Crippen LogP contribution in [0.25, 0.3) is 0 Å². The van der Waals surface area contributed by atoms with Crippen molar-refractivity contribution in [2.45, 2.75) is 13.3 Å². The molecule has 7 nitrogen and oxygen atoms in total. The van der Waals surface area contributed by atoms with Crippen molar-refractivity contribution in [3.63, 3.8) is 0 Å². The van der Waals surface area contributed by atoms with Gasteiger partial charge in [0.1, 0.15) is 0 Å². The number of nitriles is 1. The molecule has 108 valence electrons.